The Morgan fingerprint density at radius 1 is 1.13 bits per heavy atom. The highest BCUT2D eigenvalue weighted by Gasteiger charge is 2.37. The van der Waals surface area contributed by atoms with Crippen LogP contribution in [0.3, 0.4) is 0 Å². The number of rotatable bonds is 4. The monoisotopic (exact) mass is 329 g/mol. The van der Waals surface area contributed by atoms with Crippen LogP contribution in [-0.2, 0) is 4.79 Å². The van der Waals surface area contributed by atoms with Crippen LogP contribution in [0.1, 0.15) is 21.5 Å². The summed E-state index contributed by atoms with van der Waals surface area (Å²) in [7, 11) is 0. The van der Waals surface area contributed by atoms with E-state index in [4.69, 9.17) is 16.3 Å². The zero-order valence-corrected chi connectivity index (χ0v) is 13.7. The third-order valence-electron chi connectivity index (χ3n) is 3.86. The first kappa shape index (κ1) is 15.6. The van der Waals surface area contributed by atoms with Crippen LogP contribution in [0.25, 0.3) is 0 Å². The molecule has 0 aromatic heterocycles. The molecule has 0 radical (unpaired) electrons. The lowest BCUT2D eigenvalue weighted by Crippen LogP contribution is -2.33. The average Bonchev–Trinajstić information content (AvgIpc) is 2.77. The van der Waals surface area contributed by atoms with E-state index < -0.39 is 11.7 Å². The van der Waals surface area contributed by atoms with E-state index in [2.05, 4.69) is 0 Å². The molecule has 0 aliphatic carbocycles. The van der Waals surface area contributed by atoms with Crippen molar-refractivity contribution in [1.82, 2.24) is 0 Å². The van der Waals surface area contributed by atoms with Gasteiger partial charge in [0.25, 0.3) is 11.7 Å². The lowest BCUT2D eigenvalue weighted by molar-refractivity contribution is -0.114. The van der Waals surface area contributed by atoms with Crippen LogP contribution in [0.2, 0.25) is 5.02 Å². The summed E-state index contributed by atoms with van der Waals surface area (Å²) in [5.74, 6) is -0.297. The van der Waals surface area contributed by atoms with E-state index in [1.165, 1.54) is 4.90 Å². The van der Waals surface area contributed by atoms with Crippen molar-refractivity contribution >= 4 is 29.0 Å². The number of carbonyl (C=O) groups is 2. The molecule has 0 fully saturated rings. The number of hydrogen-bond acceptors (Lipinski definition) is 3. The Hall–Kier alpha value is -2.33. The second kappa shape index (κ2) is 6.05. The Morgan fingerprint density at radius 3 is 2.70 bits per heavy atom. The average molecular weight is 330 g/mol. The quantitative estimate of drug-likeness (QED) is 0.806. The van der Waals surface area contributed by atoms with Gasteiger partial charge in [-0.05, 0) is 43.2 Å². The Labute approximate surface area is 139 Å². The number of ether oxygens (including phenoxy) is 1. The summed E-state index contributed by atoms with van der Waals surface area (Å²) < 4.78 is 5.77. The largest absolute Gasteiger partial charge is 0.491 e. The van der Waals surface area contributed by atoms with Crippen molar-refractivity contribution in [3.8, 4) is 5.75 Å². The molecular formula is C18H16ClNO3. The molecule has 5 heteroatoms. The van der Waals surface area contributed by atoms with Gasteiger partial charge in [-0.2, -0.15) is 0 Å². The van der Waals surface area contributed by atoms with Gasteiger partial charge in [-0.1, -0.05) is 29.8 Å². The van der Waals surface area contributed by atoms with Gasteiger partial charge in [0, 0.05) is 0 Å². The summed E-state index contributed by atoms with van der Waals surface area (Å²) in [5, 5.41) is 0.397. The summed E-state index contributed by atoms with van der Waals surface area (Å²) in [6.45, 7) is 4.51. The molecule has 0 spiro atoms. The van der Waals surface area contributed by atoms with Crippen molar-refractivity contribution in [3.63, 3.8) is 0 Å². The van der Waals surface area contributed by atoms with E-state index >= 15 is 0 Å². The smallest absolute Gasteiger partial charge is 0.299 e. The van der Waals surface area contributed by atoms with E-state index in [1.54, 1.807) is 18.2 Å². The predicted molar refractivity (Wildman–Crippen MR) is 89.5 cm³/mol. The third-order valence-corrected chi connectivity index (χ3v) is 4.16. The van der Waals surface area contributed by atoms with Crippen LogP contribution >= 0.6 is 11.6 Å². The number of carbonyl (C=O) groups excluding carboxylic acids is 2. The Kier molecular flexibility index (Phi) is 4.09. The van der Waals surface area contributed by atoms with Crippen molar-refractivity contribution in [3.05, 3.63) is 58.1 Å². The van der Waals surface area contributed by atoms with Crippen molar-refractivity contribution < 1.29 is 14.3 Å². The summed E-state index contributed by atoms with van der Waals surface area (Å²) in [5.41, 5.74) is 2.97. The predicted octanol–water partition coefficient (Wildman–Crippen LogP) is 3.57. The fourth-order valence-corrected chi connectivity index (χ4v) is 2.91. The molecule has 1 aliphatic heterocycles. The van der Waals surface area contributed by atoms with Crippen LogP contribution in [0, 0.1) is 13.8 Å². The molecule has 0 saturated heterocycles. The molecule has 0 unspecified atom stereocenters. The van der Waals surface area contributed by atoms with E-state index in [0.717, 1.165) is 16.9 Å². The number of aryl methyl sites for hydroxylation is 2. The zero-order chi connectivity index (χ0) is 16.6. The molecular weight excluding hydrogens is 314 g/mol. The number of halogens is 1. The number of Topliss-reactive ketones (excluding diaryl/α,β-unsaturated/α-hetero) is 1. The standard InChI is InChI=1S/C18H16ClNO3/c1-11-6-7-12(2)15(10-11)23-9-8-20-16-13(17(21)18(20)22)4-3-5-14(16)19/h3-7,10H,8-9H2,1-2H3. The minimum atomic E-state index is -0.558. The van der Waals surface area contributed by atoms with Crippen LogP contribution in [0.15, 0.2) is 36.4 Å². The van der Waals surface area contributed by atoms with E-state index in [1.807, 2.05) is 32.0 Å². The maximum atomic E-state index is 12.1. The second-order valence-corrected chi connectivity index (χ2v) is 5.95. The molecule has 118 valence electrons. The van der Waals surface area contributed by atoms with Crippen molar-refractivity contribution in [2.45, 2.75) is 13.8 Å². The number of para-hydroxylation sites is 1. The molecule has 4 nitrogen and oxygen atoms in total. The van der Waals surface area contributed by atoms with Gasteiger partial charge in [0.15, 0.2) is 0 Å². The van der Waals surface area contributed by atoms with Crippen LogP contribution in [0.5, 0.6) is 5.75 Å². The highest BCUT2D eigenvalue weighted by atomic mass is 35.5. The molecule has 2 aromatic rings. The normalized spacial score (nSPS) is 13.4. The number of benzene rings is 2. The Morgan fingerprint density at radius 2 is 1.91 bits per heavy atom. The Bertz CT molecular complexity index is 801. The van der Waals surface area contributed by atoms with Gasteiger partial charge in [-0.25, -0.2) is 0 Å². The van der Waals surface area contributed by atoms with Crippen molar-refractivity contribution in [2.24, 2.45) is 0 Å². The lowest BCUT2D eigenvalue weighted by Gasteiger charge is -2.18. The molecule has 3 rings (SSSR count). The summed E-state index contributed by atoms with van der Waals surface area (Å²) in [6.07, 6.45) is 0. The molecule has 0 atom stereocenters. The molecule has 1 amide bonds. The first-order valence-corrected chi connectivity index (χ1v) is 7.71. The van der Waals surface area contributed by atoms with Gasteiger partial charge in [0.05, 0.1) is 22.8 Å². The van der Waals surface area contributed by atoms with Crippen molar-refractivity contribution in [2.75, 3.05) is 18.1 Å². The molecule has 0 N–H and O–H groups in total. The Balaban J connectivity index is 1.76. The summed E-state index contributed by atoms with van der Waals surface area (Å²) in [4.78, 5) is 25.5. The fraction of sp³-hybridized carbons (Fsp3) is 0.222. The highest BCUT2D eigenvalue weighted by Crippen LogP contribution is 2.35. The molecule has 2 aromatic carbocycles. The van der Waals surface area contributed by atoms with E-state index in [0.29, 0.717) is 16.3 Å². The molecule has 1 aliphatic rings. The minimum absolute atomic E-state index is 0.273. The van der Waals surface area contributed by atoms with E-state index in [-0.39, 0.29) is 13.2 Å². The topological polar surface area (TPSA) is 46.6 Å². The van der Waals surface area contributed by atoms with E-state index in [9.17, 15) is 9.59 Å². The van der Waals surface area contributed by atoms with Crippen LogP contribution < -0.4 is 9.64 Å². The number of hydrogen-bond donors (Lipinski definition) is 0. The van der Waals surface area contributed by atoms with Gasteiger partial charge in [0.2, 0.25) is 0 Å². The van der Waals surface area contributed by atoms with Crippen LogP contribution in [0.4, 0.5) is 5.69 Å². The number of fused-ring (bicyclic) bond motifs is 1. The van der Waals surface area contributed by atoms with Gasteiger partial charge in [0.1, 0.15) is 12.4 Å². The lowest BCUT2D eigenvalue weighted by atomic mass is 10.1. The molecule has 0 bridgehead atoms. The molecule has 23 heavy (non-hydrogen) atoms. The number of nitrogens with zero attached hydrogens (tertiary/aromatic N) is 1. The number of ketones is 1. The van der Waals surface area contributed by atoms with Crippen molar-refractivity contribution in [1.29, 1.82) is 0 Å². The van der Waals surface area contributed by atoms with Gasteiger partial charge < -0.3 is 4.74 Å². The van der Waals surface area contributed by atoms with Gasteiger partial charge in [-0.3, -0.25) is 14.5 Å². The maximum absolute atomic E-state index is 12.1. The minimum Gasteiger partial charge on any atom is -0.491 e. The first-order chi connectivity index (χ1) is 11.0. The highest BCUT2D eigenvalue weighted by molar-refractivity contribution is 6.54. The maximum Gasteiger partial charge on any atom is 0.299 e. The van der Waals surface area contributed by atoms with Gasteiger partial charge >= 0.3 is 0 Å². The second-order valence-electron chi connectivity index (χ2n) is 5.54. The summed E-state index contributed by atoms with van der Waals surface area (Å²) in [6, 6.07) is 10.9. The summed E-state index contributed by atoms with van der Waals surface area (Å²) >= 11 is 6.15. The first-order valence-electron chi connectivity index (χ1n) is 7.34. The van der Waals surface area contributed by atoms with Gasteiger partial charge in [-0.15, -0.1) is 0 Å². The fourth-order valence-electron chi connectivity index (χ4n) is 2.64. The third kappa shape index (κ3) is 2.82. The SMILES string of the molecule is Cc1ccc(C)c(OCCN2C(=O)C(=O)c3cccc(Cl)c32)c1. The number of amides is 1. The zero-order valence-electron chi connectivity index (χ0n) is 12.9. The number of anilines is 1. The molecule has 0 saturated carbocycles. The molecule has 1 heterocycles. The van der Waals surface area contributed by atoms with Crippen LogP contribution in [-0.4, -0.2) is 24.8 Å².